The van der Waals surface area contributed by atoms with Crippen LogP contribution in [0.4, 0.5) is 9.52 Å². The van der Waals surface area contributed by atoms with Crippen molar-refractivity contribution in [2.45, 2.75) is 16.1 Å². The number of benzene rings is 3. The molecule has 1 amide bonds. The summed E-state index contributed by atoms with van der Waals surface area (Å²) in [4.78, 5) is 40.8. The van der Waals surface area contributed by atoms with Crippen LogP contribution in [0.1, 0.15) is 38.1 Å². The van der Waals surface area contributed by atoms with E-state index in [1.54, 1.807) is 48.5 Å². The fraction of sp³-hybridized carbons (Fsp3) is 0.129. The van der Waals surface area contributed by atoms with Crippen molar-refractivity contribution >= 4 is 56.9 Å². The lowest BCUT2D eigenvalue weighted by atomic mass is 9.94. The zero-order valence-corrected chi connectivity index (χ0v) is 24.8. The second-order valence-corrected chi connectivity index (χ2v) is 11.7. The van der Waals surface area contributed by atoms with Crippen molar-refractivity contribution in [1.29, 1.82) is 0 Å². The highest BCUT2D eigenvalue weighted by Gasteiger charge is 2.47. The number of ether oxygens (including phenoxy) is 2. The van der Waals surface area contributed by atoms with Gasteiger partial charge in [0.25, 0.3) is 5.91 Å². The number of esters is 1. The number of anilines is 1. The van der Waals surface area contributed by atoms with E-state index >= 15 is 0 Å². The third kappa shape index (κ3) is 5.20. The third-order valence-corrected chi connectivity index (χ3v) is 9.07. The van der Waals surface area contributed by atoms with Crippen LogP contribution >= 0.6 is 23.1 Å². The largest absolute Gasteiger partial charge is 0.503 e. The van der Waals surface area contributed by atoms with Gasteiger partial charge < -0.3 is 19.0 Å². The first-order chi connectivity index (χ1) is 21.3. The molecule has 0 aliphatic carbocycles. The van der Waals surface area contributed by atoms with Crippen molar-refractivity contribution in [2.75, 3.05) is 19.1 Å². The summed E-state index contributed by atoms with van der Waals surface area (Å²) in [6, 6.07) is 18.0. The maximum Gasteiger partial charge on any atom is 0.337 e. The number of para-hydroxylation sites is 1. The number of methoxy groups -OCH3 is 2. The molecule has 1 atom stereocenters. The fourth-order valence-electron chi connectivity index (χ4n) is 4.82. The van der Waals surface area contributed by atoms with Crippen molar-refractivity contribution < 1.29 is 37.8 Å². The second kappa shape index (κ2) is 11.9. The Morgan fingerprint density at radius 2 is 1.84 bits per heavy atom. The number of furan rings is 1. The molecule has 0 saturated carbocycles. The van der Waals surface area contributed by atoms with E-state index in [1.807, 2.05) is 0 Å². The van der Waals surface area contributed by atoms with Gasteiger partial charge in [0.05, 0.1) is 31.4 Å². The van der Waals surface area contributed by atoms with E-state index in [0.717, 1.165) is 11.3 Å². The average molecular weight is 632 g/mol. The molecule has 1 unspecified atom stereocenters. The van der Waals surface area contributed by atoms with Gasteiger partial charge in [-0.05, 0) is 41.5 Å². The van der Waals surface area contributed by atoms with E-state index in [4.69, 9.17) is 13.9 Å². The zero-order chi connectivity index (χ0) is 31.0. The molecule has 0 saturated heterocycles. The van der Waals surface area contributed by atoms with E-state index in [2.05, 4.69) is 10.2 Å². The summed E-state index contributed by atoms with van der Waals surface area (Å²) >= 11 is 2.28. The standard InChI is InChI=1S/C31H22FN3O7S2/c1-40-21-9-5-7-18-14-22(42-27(18)21)25(36)23-24(16-10-12-17(13-11-16)29(39)41-2)35(28(38)26(23)37)30-33-34-31(44-30)43-15-19-6-3-4-8-20(19)32/h3-14,24,37H,15H2,1-2H3. The molecule has 5 aromatic rings. The van der Waals surface area contributed by atoms with Gasteiger partial charge in [-0.25, -0.2) is 9.18 Å². The Bertz CT molecular complexity index is 1950. The second-order valence-electron chi connectivity index (χ2n) is 9.50. The fourth-order valence-corrected chi connectivity index (χ4v) is 6.68. The number of thioether (sulfide) groups is 1. The van der Waals surface area contributed by atoms with Crippen molar-refractivity contribution in [1.82, 2.24) is 10.2 Å². The maximum atomic E-state index is 14.1. The van der Waals surface area contributed by atoms with Crippen LogP contribution in [0.15, 0.2) is 92.9 Å². The molecule has 0 radical (unpaired) electrons. The van der Waals surface area contributed by atoms with Gasteiger partial charge in [0.1, 0.15) is 5.82 Å². The number of fused-ring (bicyclic) bond motifs is 1. The average Bonchev–Trinajstić information content (AvgIpc) is 3.76. The topological polar surface area (TPSA) is 132 Å². The number of amides is 1. The normalized spacial score (nSPS) is 14.8. The number of carbonyl (C=O) groups excluding carboxylic acids is 3. The predicted octanol–water partition coefficient (Wildman–Crippen LogP) is 6.29. The molecule has 0 bridgehead atoms. The van der Waals surface area contributed by atoms with Crippen LogP contribution < -0.4 is 9.64 Å². The van der Waals surface area contributed by atoms with E-state index < -0.39 is 29.5 Å². The maximum absolute atomic E-state index is 14.1. The van der Waals surface area contributed by atoms with Crippen LogP contribution in [0.3, 0.4) is 0 Å². The van der Waals surface area contributed by atoms with Crippen LogP contribution in [0.5, 0.6) is 5.75 Å². The number of Topliss-reactive ketones (excluding diaryl/α,β-unsaturated/α-hetero) is 1. The van der Waals surface area contributed by atoms with Gasteiger partial charge in [0, 0.05) is 11.1 Å². The Hall–Kier alpha value is -5.01. The van der Waals surface area contributed by atoms with E-state index in [0.29, 0.717) is 32.2 Å². The lowest BCUT2D eigenvalue weighted by molar-refractivity contribution is -0.117. The third-order valence-electron chi connectivity index (χ3n) is 6.96. The molecular formula is C31H22FN3O7S2. The molecule has 3 heterocycles. The lowest BCUT2D eigenvalue weighted by Crippen LogP contribution is -2.31. The highest BCUT2D eigenvalue weighted by molar-refractivity contribution is 8.00. The molecule has 3 aromatic carbocycles. The van der Waals surface area contributed by atoms with Gasteiger partial charge in [-0.15, -0.1) is 10.2 Å². The molecule has 0 fully saturated rings. The summed E-state index contributed by atoms with van der Waals surface area (Å²) in [5, 5.41) is 20.2. The predicted molar refractivity (Wildman–Crippen MR) is 161 cm³/mol. The number of rotatable bonds is 9. The highest BCUT2D eigenvalue weighted by atomic mass is 32.2. The lowest BCUT2D eigenvalue weighted by Gasteiger charge is -2.24. The Labute approximate surface area is 257 Å². The van der Waals surface area contributed by atoms with Gasteiger partial charge in [-0.3, -0.25) is 14.5 Å². The summed E-state index contributed by atoms with van der Waals surface area (Å²) < 4.78 is 30.6. The van der Waals surface area contributed by atoms with Crippen molar-refractivity contribution in [3.63, 3.8) is 0 Å². The number of nitrogens with zero attached hydrogens (tertiary/aromatic N) is 3. The zero-order valence-electron chi connectivity index (χ0n) is 23.1. The minimum Gasteiger partial charge on any atom is -0.503 e. The molecule has 222 valence electrons. The number of carbonyl (C=O) groups is 3. The molecule has 13 heteroatoms. The van der Waals surface area contributed by atoms with Gasteiger partial charge in [-0.2, -0.15) is 0 Å². The number of halogens is 1. The first-order valence-electron chi connectivity index (χ1n) is 13.1. The smallest absolute Gasteiger partial charge is 0.337 e. The number of ketones is 1. The minimum absolute atomic E-state index is 0.105. The Morgan fingerprint density at radius 3 is 2.57 bits per heavy atom. The number of aromatic nitrogens is 2. The van der Waals surface area contributed by atoms with Gasteiger partial charge in [0.15, 0.2) is 27.2 Å². The molecule has 1 aliphatic rings. The summed E-state index contributed by atoms with van der Waals surface area (Å²) in [5.41, 5.74) is 1.22. The van der Waals surface area contributed by atoms with Crippen LogP contribution in [0, 0.1) is 5.82 Å². The molecule has 2 aromatic heterocycles. The Balaban J connectivity index is 1.39. The molecule has 0 spiro atoms. The van der Waals surface area contributed by atoms with E-state index in [1.165, 1.54) is 55.1 Å². The molecular weight excluding hydrogens is 609 g/mol. The molecule has 1 N–H and O–H groups in total. The van der Waals surface area contributed by atoms with Crippen molar-refractivity contribution in [2.24, 2.45) is 0 Å². The summed E-state index contributed by atoms with van der Waals surface area (Å²) in [5.74, 6) is -2.72. The van der Waals surface area contributed by atoms with Crippen LogP contribution in [0.2, 0.25) is 0 Å². The van der Waals surface area contributed by atoms with Gasteiger partial charge in [0.2, 0.25) is 10.9 Å². The number of aliphatic hydroxyl groups excluding tert-OH is 1. The van der Waals surface area contributed by atoms with Crippen LogP contribution in [-0.4, -0.2) is 47.2 Å². The quantitative estimate of drug-likeness (QED) is 0.0856. The van der Waals surface area contributed by atoms with E-state index in [9.17, 15) is 23.9 Å². The first kappa shape index (κ1) is 29.1. The van der Waals surface area contributed by atoms with Crippen molar-refractivity contribution in [3.8, 4) is 5.75 Å². The van der Waals surface area contributed by atoms with Crippen LogP contribution in [0.25, 0.3) is 11.0 Å². The van der Waals surface area contributed by atoms with E-state index in [-0.39, 0.29) is 33.6 Å². The molecule has 10 nitrogen and oxygen atoms in total. The van der Waals surface area contributed by atoms with Crippen molar-refractivity contribution in [3.05, 3.63) is 112 Å². The monoisotopic (exact) mass is 631 g/mol. The molecule has 1 aliphatic heterocycles. The number of aliphatic hydroxyl groups is 1. The summed E-state index contributed by atoms with van der Waals surface area (Å²) in [7, 11) is 2.73. The highest BCUT2D eigenvalue weighted by Crippen LogP contribution is 2.44. The summed E-state index contributed by atoms with van der Waals surface area (Å²) in [6.45, 7) is 0. The van der Waals surface area contributed by atoms with Crippen LogP contribution in [-0.2, 0) is 15.3 Å². The molecule has 6 rings (SSSR count). The number of hydrogen-bond acceptors (Lipinski definition) is 11. The Morgan fingerprint density at radius 1 is 1.07 bits per heavy atom. The molecule has 44 heavy (non-hydrogen) atoms. The van der Waals surface area contributed by atoms with Gasteiger partial charge in [-0.1, -0.05) is 65.6 Å². The SMILES string of the molecule is COC(=O)c1ccc(C2C(C(=O)c3cc4cccc(OC)c4o3)=C(O)C(=O)N2c2nnc(SCc3ccccc3F)s2)cc1. The summed E-state index contributed by atoms with van der Waals surface area (Å²) in [6.07, 6.45) is 0. The number of hydrogen-bond donors (Lipinski definition) is 1. The minimum atomic E-state index is -1.14. The first-order valence-corrected chi connectivity index (χ1v) is 14.9. The Kier molecular flexibility index (Phi) is 7.89. The van der Waals surface area contributed by atoms with Gasteiger partial charge >= 0.3 is 5.97 Å².